The zero-order chi connectivity index (χ0) is 55.0. The number of ether oxygens (including phenoxy) is 1. The summed E-state index contributed by atoms with van der Waals surface area (Å²) in [5.41, 5.74) is 7.89. The van der Waals surface area contributed by atoms with Crippen molar-refractivity contribution in [3.63, 3.8) is 0 Å². The second kappa shape index (κ2) is 18.8. The predicted molar refractivity (Wildman–Crippen MR) is 279 cm³/mol. The Morgan fingerprint density at radius 3 is 2.00 bits per heavy atom. The quantitative estimate of drug-likeness (QED) is 0.0956. The van der Waals surface area contributed by atoms with Crippen molar-refractivity contribution in [3.05, 3.63) is 260 Å². The number of rotatable bonds is 11. The maximum atomic E-state index is 9.06. The van der Waals surface area contributed by atoms with E-state index in [1.165, 1.54) is 5.56 Å². The minimum Gasteiger partial charge on any atom is -0.510 e. The number of pyridine rings is 1. The molecule has 0 amide bonds. The van der Waals surface area contributed by atoms with Gasteiger partial charge in [-0.25, -0.2) is 4.98 Å². The molecule has 0 atom stereocenters. The Balaban J connectivity index is 0.00000675. The fraction of sp³-hybridized carbons (Fsp3) is 0.0625. The average Bonchev–Trinajstić information content (AvgIpc) is 4.04. The van der Waals surface area contributed by atoms with Gasteiger partial charge in [-0.1, -0.05) is 195 Å². The van der Waals surface area contributed by atoms with Gasteiger partial charge in [-0.15, -0.1) is 29.7 Å². The maximum absolute atomic E-state index is 9.06. The monoisotopic (exact) mass is 1090 g/mol. The van der Waals surface area contributed by atoms with Crippen molar-refractivity contribution in [3.8, 4) is 62.1 Å². The van der Waals surface area contributed by atoms with Crippen molar-refractivity contribution in [2.45, 2.75) is 25.7 Å². The van der Waals surface area contributed by atoms with E-state index >= 15 is 0 Å². The van der Waals surface area contributed by atoms with Gasteiger partial charge in [-0.2, -0.15) is 18.2 Å². The molecule has 5 nitrogen and oxygen atoms in total. The molecule has 12 aromatic rings. The van der Waals surface area contributed by atoms with E-state index in [4.69, 9.17) is 23.4 Å². The Kier molecular flexibility index (Phi) is 9.17. The van der Waals surface area contributed by atoms with Crippen molar-refractivity contribution in [1.29, 1.82) is 0 Å². The van der Waals surface area contributed by atoms with Gasteiger partial charge in [0.2, 0.25) is 0 Å². The summed E-state index contributed by atoms with van der Waals surface area (Å²) >= 11 is 0. The summed E-state index contributed by atoms with van der Waals surface area (Å²) < 4.78 is 99.5. The van der Waals surface area contributed by atoms with Crippen molar-refractivity contribution in [2.75, 3.05) is 0 Å². The van der Waals surface area contributed by atoms with Crippen molar-refractivity contribution in [1.82, 2.24) is 14.1 Å². The number of hydrogen-bond acceptors (Lipinski definition) is 2. The molecule has 0 aliphatic rings. The van der Waals surface area contributed by atoms with Crippen LogP contribution in [0.5, 0.6) is 11.5 Å². The Bertz CT molecular complexity index is 4280. The SMILES string of the molecule is [2H]c1c([2H])c([2H])c(-c2cccc(-c3c([2H])c([2H])c([2H])c([2H])c3[2H])c2-[n+]2[c-]n(-c3[c-]c(Oc4[c-]c5c(cc4)c4cc(-c6ccccc6)ccc4n5-c4cc(CC(C)(C)c5ccccc5)ccn4)ccc3)c3ccccc32)c([2H])c1[2H].[Pt]. The summed E-state index contributed by atoms with van der Waals surface area (Å²) in [7, 11) is 0. The van der Waals surface area contributed by atoms with Crippen LogP contribution in [0.1, 0.15) is 38.7 Å². The van der Waals surface area contributed by atoms with Crippen molar-refractivity contribution < 1.29 is 44.1 Å². The van der Waals surface area contributed by atoms with Gasteiger partial charge in [-0.3, -0.25) is 4.57 Å². The molecule has 0 radical (unpaired) electrons. The van der Waals surface area contributed by atoms with Crippen LogP contribution < -0.4 is 9.30 Å². The van der Waals surface area contributed by atoms with Crippen LogP contribution in [0, 0.1) is 18.5 Å². The first-order chi connectivity index (χ1) is 38.1. The van der Waals surface area contributed by atoms with Gasteiger partial charge in [0.25, 0.3) is 6.33 Å². The van der Waals surface area contributed by atoms with Crippen LogP contribution >= 0.6 is 0 Å². The smallest absolute Gasteiger partial charge is 0.268 e. The van der Waals surface area contributed by atoms with Crippen LogP contribution in [0.15, 0.2) is 230 Å². The Labute approximate surface area is 436 Å². The predicted octanol–water partition coefficient (Wildman–Crippen LogP) is 15.1. The van der Waals surface area contributed by atoms with E-state index in [0.29, 0.717) is 28.2 Å². The molecule has 3 aromatic heterocycles. The molecule has 0 saturated heterocycles. The molecule has 0 N–H and O–H groups in total. The van der Waals surface area contributed by atoms with Crippen LogP contribution in [0.4, 0.5) is 0 Å². The van der Waals surface area contributed by atoms with E-state index in [1.807, 2.05) is 79.0 Å². The summed E-state index contributed by atoms with van der Waals surface area (Å²) in [6, 6.07) is 54.6. The molecule has 70 heavy (non-hydrogen) atoms. The molecular weight excluding hydrogens is 1040 g/mol. The van der Waals surface area contributed by atoms with Gasteiger partial charge in [-0.05, 0) is 85.6 Å². The van der Waals surface area contributed by atoms with E-state index in [-0.39, 0.29) is 54.4 Å². The fourth-order valence-corrected chi connectivity index (χ4v) is 9.33. The summed E-state index contributed by atoms with van der Waals surface area (Å²) in [4.78, 5) is 4.96. The van der Waals surface area contributed by atoms with Gasteiger partial charge in [0, 0.05) is 44.3 Å². The minimum absolute atomic E-state index is 0. The molecule has 0 unspecified atom stereocenters. The average molecular weight is 1090 g/mol. The first kappa shape index (κ1) is 34.2. The Morgan fingerprint density at radius 1 is 0.586 bits per heavy atom. The van der Waals surface area contributed by atoms with E-state index < -0.39 is 60.4 Å². The minimum atomic E-state index is -0.575. The summed E-state index contributed by atoms with van der Waals surface area (Å²) in [5.74, 6) is 1.51. The van der Waals surface area contributed by atoms with E-state index in [0.717, 1.165) is 50.7 Å². The Hall–Kier alpha value is -8.11. The number of para-hydroxylation sites is 3. The number of fused-ring (bicyclic) bond motifs is 4. The molecular formula is C64H46N4OPt-2. The zero-order valence-corrected chi connectivity index (χ0v) is 40.2. The number of benzene rings is 9. The number of hydrogen-bond donors (Lipinski definition) is 0. The second-order valence-corrected chi connectivity index (χ2v) is 17.4. The third kappa shape index (κ3) is 8.33. The summed E-state index contributed by atoms with van der Waals surface area (Å²) in [5, 5.41) is 1.98. The van der Waals surface area contributed by atoms with Crippen LogP contribution in [-0.4, -0.2) is 14.1 Å². The van der Waals surface area contributed by atoms with Gasteiger partial charge in [0.1, 0.15) is 5.82 Å². The van der Waals surface area contributed by atoms with Crippen molar-refractivity contribution >= 4 is 32.8 Å². The van der Waals surface area contributed by atoms with Crippen LogP contribution in [0.2, 0.25) is 0 Å². The molecule has 0 fully saturated rings. The van der Waals surface area contributed by atoms with Crippen LogP contribution in [0.25, 0.3) is 83.4 Å². The van der Waals surface area contributed by atoms with Crippen molar-refractivity contribution in [2.24, 2.45) is 0 Å². The van der Waals surface area contributed by atoms with Crippen LogP contribution in [0.3, 0.4) is 0 Å². The number of aromatic nitrogens is 4. The summed E-state index contributed by atoms with van der Waals surface area (Å²) in [6.07, 6.45) is 6.07. The first-order valence-corrected chi connectivity index (χ1v) is 22.6. The molecule has 0 aliphatic heterocycles. The first-order valence-electron chi connectivity index (χ1n) is 27.6. The molecule has 6 heteroatoms. The number of imidazole rings is 1. The fourth-order valence-electron chi connectivity index (χ4n) is 9.33. The normalized spacial score (nSPS) is 13.5. The van der Waals surface area contributed by atoms with E-state index in [9.17, 15) is 0 Å². The third-order valence-corrected chi connectivity index (χ3v) is 12.6. The van der Waals surface area contributed by atoms with Gasteiger partial charge in [0.05, 0.1) is 30.4 Å². The molecule has 12 rings (SSSR count). The number of nitrogens with zero attached hydrogens (tertiary/aromatic N) is 4. The standard InChI is InChI=1S/C64H46N4O.Pt/c1-64(2,50-25-13-6-14-26-50)43-45-37-38-65-62(39-45)68-58-36-33-49(46-19-7-3-8-20-46)40-57(58)56-35-34-53(42-61(56)68)69-52-28-17-27-51(41-52)66-44-67(60-32-16-15-31-59(60)66)63-54(47-21-9-4-10-22-47)29-18-30-55(63)48-23-11-5-12-24-48;/h3-40H,43H2,1-2H3;/q-2;/i4D,5D,9D,10D,11D,12D,21D,22D,23D,24D;. The molecule has 0 saturated carbocycles. The molecule has 340 valence electrons. The van der Waals surface area contributed by atoms with E-state index in [1.54, 1.807) is 33.4 Å². The molecule has 3 heterocycles. The van der Waals surface area contributed by atoms with Gasteiger partial charge >= 0.3 is 0 Å². The third-order valence-electron chi connectivity index (χ3n) is 12.6. The summed E-state index contributed by atoms with van der Waals surface area (Å²) in [6.45, 7) is 4.51. The molecule has 0 bridgehead atoms. The van der Waals surface area contributed by atoms with Crippen LogP contribution in [-0.2, 0) is 32.9 Å². The largest absolute Gasteiger partial charge is 0.510 e. The molecule has 0 aliphatic carbocycles. The second-order valence-electron chi connectivity index (χ2n) is 17.4. The zero-order valence-electron chi connectivity index (χ0n) is 47.9. The topological polar surface area (TPSA) is 35.9 Å². The maximum Gasteiger partial charge on any atom is 0.268 e. The van der Waals surface area contributed by atoms with E-state index in [2.05, 4.69) is 104 Å². The van der Waals surface area contributed by atoms with Gasteiger partial charge < -0.3 is 13.9 Å². The molecule has 9 aromatic carbocycles. The van der Waals surface area contributed by atoms with Gasteiger partial charge in [0.15, 0.2) is 0 Å². The Morgan fingerprint density at radius 2 is 1.26 bits per heavy atom. The molecule has 0 spiro atoms.